The highest BCUT2D eigenvalue weighted by Gasteiger charge is 2.16. The maximum absolute atomic E-state index is 12.2. The smallest absolute Gasteiger partial charge is 0.387 e. The SMILES string of the molecule is COC(=O)/C(=C\c1ccccc1OC(F)F)C(C)=O. The molecule has 0 atom stereocenters. The Morgan fingerprint density at radius 3 is 2.42 bits per heavy atom. The second kappa shape index (κ2) is 6.63. The van der Waals surface area contributed by atoms with Gasteiger partial charge in [-0.25, -0.2) is 4.79 Å². The number of benzene rings is 1. The number of halogens is 2. The maximum atomic E-state index is 12.2. The highest BCUT2D eigenvalue weighted by molar-refractivity contribution is 6.19. The van der Waals surface area contributed by atoms with Crippen molar-refractivity contribution >= 4 is 17.8 Å². The number of carbonyl (C=O) groups is 2. The van der Waals surface area contributed by atoms with Gasteiger partial charge in [0.1, 0.15) is 11.3 Å². The van der Waals surface area contributed by atoms with Crippen LogP contribution in [0.15, 0.2) is 29.8 Å². The highest BCUT2D eigenvalue weighted by atomic mass is 19.3. The monoisotopic (exact) mass is 270 g/mol. The molecule has 0 spiro atoms. The largest absolute Gasteiger partial charge is 0.465 e. The molecular formula is C13H12F2O4. The van der Waals surface area contributed by atoms with Gasteiger partial charge in [0.15, 0.2) is 5.78 Å². The molecule has 4 nitrogen and oxygen atoms in total. The Kier molecular flexibility index (Phi) is 5.17. The Balaban J connectivity index is 3.21. The lowest BCUT2D eigenvalue weighted by Crippen LogP contribution is -2.11. The molecule has 6 heteroatoms. The van der Waals surface area contributed by atoms with Crippen LogP contribution in [0.2, 0.25) is 0 Å². The lowest BCUT2D eigenvalue weighted by molar-refractivity contribution is -0.137. The van der Waals surface area contributed by atoms with Crippen molar-refractivity contribution in [2.45, 2.75) is 13.5 Å². The van der Waals surface area contributed by atoms with Crippen molar-refractivity contribution in [2.75, 3.05) is 7.11 Å². The predicted molar refractivity (Wildman–Crippen MR) is 63.7 cm³/mol. The molecule has 0 saturated heterocycles. The van der Waals surface area contributed by atoms with Crippen molar-refractivity contribution in [3.05, 3.63) is 35.4 Å². The van der Waals surface area contributed by atoms with Crippen molar-refractivity contribution in [3.63, 3.8) is 0 Å². The van der Waals surface area contributed by atoms with Crippen LogP contribution in [0.1, 0.15) is 12.5 Å². The zero-order valence-electron chi connectivity index (χ0n) is 10.4. The van der Waals surface area contributed by atoms with E-state index < -0.39 is 18.4 Å². The highest BCUT2D eigenvalue weighted by Crippen LogP contribution is 2.23. The second-order valence-electron chi connectivity index (χ2n) is 3.52. The molecule has 1 aromatic rings. The number of Topliss-reactive ketones (excluding diaryl/α,β-unsaturated/α-hetero) is 1. The summed E-state index contributed by atoms with van der Waals surface area (Å²) in [5.74, 6) is -1.49. The van der Waals surface area contributed by atoms with Gasteiger partial charge in [-0.1, -0.05) is 18.2 Å². The molecule has 0 aliphatic carbocycles. The van der Waals surface area contributed by atoms with Gasteiger partial charge in [-0.2, -0.15) is 8.78 Å². The molecular weight excluding hydrogens is 258 g/mol. The number of carbonyl (C=O) groups excluding carboxylic acids is 2. The van der Waals surface area contributed by atoms with E-state index in [1.807, 2.05) is 0 Å². The van der Waals surface area contributed by atoms with Gasteiger partial charge in [-0.3, -0.25) is 4.79 Å². The summed E-state index contributed by atoms with van der Waals surface area (Å²) in [5, 5.41) is 0. The van der Waals surface area contributed by atoms with Crippen molar-refractivity contribution in [1.82, 2.24) is 0 Å². The average molecular weight is 270 g/mol. The van der Waals surface area contributed by atoms with Crippen molar-refractivity contribution in [3.8, 4) is 5.75 Å². The summed E-state index contributed by atoms with van der Waals surface area (Å²) in [7, 11) is 1.13. The van der Waals surface area contributed by atoms with Gasteiger partial charge in [-0.15, -0.1) is 0 Å². The first-order chi connectivity index (χ1) is 8.95. The number of alkyl halides is 2. The van der Waals surface area contributed by atoms with E-state index >= 15 is 0 Å². The first-order valence-corrected chi connectivity index (χ1v) is 5.30. The fourth-order valence-electron chi connectivity index (χ4n) is 1.37. The molecule has 0 bridgehead atoms. The summed E-state index contributed by atoms with van der Waals surface area (Å²) in [6.07, 6.45) is 1.16. The molecule has 0 aromatic heterocycles. The first kappa shape index (κ1) is 14.8. The number of hydrogen-bond acceptors (Lipinski definition) is 4. The summed E-state index contributed by atoms with van der Waals surface area (Å²) in [5.41, 5.74) is -0.0498. The van der Waals surface area contributed by atoms with Crippen LogP contribution in [-0.2, 0) is 14.3 Å². The Bertz CT molecular complexity index is 509. The number of esters is 1. The van der Waals surface area contributed by atoms with E-state index in [-0.39, 0.29) is 16.9 Å². The van der Waals surface area contributed by atoms with Crippen LogP contribution in [0.4, 0.5) is 8.78 Å². The minimum Gasteiger partial charge on any atom is -0.465 e. The molecule has 1 rings (SSSR count). The molecule has 0 fully saturated rings. The van der Waals surface area contributed by atoms with Crippen molar-refractivity contribution < 1.29 is 27.8 Å². The van der Waals surface area contributed by atoms with Crippen LogP contribution < -0.4 is 4.74 Å². The third-order valence-corrected chi connectivity index (χ3v) is 2.22. The van der Waals surface area contributed by atoms with E-state index in [1.165, 1.54) is 25.1 Å². The Morgan fingerprint density at radius 2 is 1.89 bits per heavy atom. The zero-order chi connectivity index (χ0) is 14.4. The molecule has 0 N–H and O–H groups in total. The van der Waals surface area contributed by atoms with E-state index in [2.05, 4.69) is 9.47 Å². The first-order valence-electron chi connectivity index (χ1n) is 5.30. The molecule has 0 aliphatic rings. The third kappa shape index (κ3) is 4.17. The van der Waals surface area contributed by atoms with Crippen LogP contribution >= 0.6 is 0 Å². The molecule has 0 heterocycles. The molecule has 0 aliphatic heterocycles. The van der Waals surface area contributed by atoms with Gasteiger partial charge >= 0.3 is 12.6 Å². The van der Waals surface area contributed by atoms with Crippen LogP contribution in [-0.4, -0.2) is 25.5 Å². The summed E-state index contributed by atoms with van der Waals surface area (Å²) in [6, 6.07) is 5.83. The molecule has 0 amide bonds. The summed E-state index contributed by atoms with van der Waals surface area (Å²) in [4.78, 5) is 22.7. The third-order valence-electron chi connectivity index (χ3n) is 2.22. The van der Waals surface area contributed by atoms with E-state index in [0.717, 1.165) is 13.2 Å². The molecule has 102 valence electrons. The van der Waals surface area contributed by atoms with Gasteiger partial charge in [0, 0.05) is 5.56 Å². The van der Waals surface area contributed by atoms with Gasteiger partial charge in [0.05, 0.1) is 7.11 Å². The standard InChI is InChI=1S/C13H12F2O4/c1-8(16)10(12(17)18-2)7-9-5-3-4-6-11(9)19-13(14)15/h3-7,13H,1-2H3/b10-7-. The summed E-state index contributed by atoms with van der Waals surface area (Å²) in [6.45, 7) is -1.81. The van der Waals surface area contributed by atoms with E-state index in [9.17, 15) is 18.4 Å². The number of rotatable bonds is 5. The van der Waals surface area contributed by atoms with Crippen molar-refractivity contribution in [1.29, 1.82) is 0 Å². The summed E-state index contributed by atoms with van der Waals surface area (Å²) >= 11 is 0. The second-order valence-corrected chi connectivity index (χ2v) is 3.52. The quantitative estimate of drug-likeness (QED) is 0.357. The number of para-hydroxylation sites is 1. The van der Waals surface area contributed by atoms with E-state index in [4.69, 9.17) is 0 Å². The lowest BCUT2D eigenvalue weighted by atomic mass is 10.1. The van der Waals surface area contributed by atoms with Gasteiger partial charge in [-0.05, 0) is 19.1 Å². The molecule has 0 unspecified atom stereocenters. The Hall–Kier alpha value is -2.24. The number of ketones is 1. The number of methoxy groups -OCH3 is 1. The van der Waals surface area contributed by atoms with Gasteiger partial charge < -0.3 is 9.47 Å². The number of ether oxygens (including phenoxy) is 2. The van der Waals surface area contributed by atoms with E-state index in [1.54, 1.807) is 6.07 Å². The van der Waals surface area contributed by atoms with Crippen LogP contribution in [0, 0.1) is 0 Å². The fourth-order valence-corrected chi connectivity index (χ4v) is 1.37. The van der Waals surface area contributed by atoms with E-state index in [0.29, 0.717) is 0 Å². The normalized spacial score (nSPS) is 11.3. The lowest BCUT2D eigenvalue weighted by Gasteiger charge is -2.08. The van der Waals surface area contributed by atoms with Gasteiger partial charge in [0.2, 0.25) is 0 Å². The minimum atomic E-state index is -2.99. The van der Waals surface area contributed by atoms with Crippen LogP contribution in [0.25, 0.3) is 6.08 Å². The topological polar surface area (TPSA) is 52.6 Å². The predicted octanol–water partition coefficient (Wildman–Crippen LogP) is 2.43. The molecule has 19 heavy (non-hydrogen) atoms. The fraction of sp³-hybridized carbons (Fsp3) is 0.231. The molecule has 1 aromatic carbocycles. The molecule has 0 saturated carbocycles. The van der Waals surface area contributed by atoms with Crippen molar-refractivity contribution in [2.24, 2.45) is 0 Å². The van der Waals surface area contributed by atoms with Crippen LogP contribution in [0.5, 0.6) is 5.75 Å². The zero-order valence-corrected chi connectivity index (χ0v) is 10.4. The Morgan fingerprint density at radius 1 is 1.26 bits per heavy atom. The minimum absolute atomic E-state index is 0.125. The Labute approximate surface area is 108 Å². The van der Waals surface area contributed by atoms with Crippen LogP contribution in [0.3, 0.4) is 0 Å². The maximum Gasteiger partial charge on any atom is 0.387 e. The van der Waals surface area contributed by atoms with Gasteiger partial charge in [0.25, 0.3) is 0 Å². The summed E-state index contributed by atoms with van der Waals surface area (Å²) < 4.78 is 33.2. The number of hydrogen-bond donors (Lipinski definition) is 0. The average Bonchev–Trinajstić information content (AvgIpc) is 2.35. The molecule has 0 radical (unpaired) electrons.